The number of nitriles is 1. The molecule has 1 aromatic heterocycles. The largest absolute Gasteiger partial charge is 0.381 e. The lowest BCUT2D eigenvalue weighted by atomic mass is 9.91. The van der Waals surface area contributed by atoms with Crippen LogP contribution in [0.15, 0.2) is 40.6 Å². The van der Waals surface area contributed by atoms with E-state index in [9.17, 15) is 8.42 Å². The van der Waals surface area contributed by atoms with Crippen LogP contribution in [0.3, 0.4) is 0 Å². The van der Waals surface area contributed by atoms with Gasteiger partial charge in [0.25, 0.3) is 10.0 Å². The molecule has 7 heteroatoms. The summed E-state index contributed by atoms with van der Waals surface area (Å²) in [6.45, 7) is 2.89. The lowest BCUT2D eigenvalue weighted by molar-refractivity contribution is 0.158. The van der Waals surface area contributed by atoms with Crippen molar-refractivity contribution in [2.45, 2.75) is 10.6 Å². The molecule has 3 heterocycles. The van der Waals surface area contributed by atoms with Crippen LogP contribution in [0.1, 0.15) is 12.0 Å². The van der Waals surface area contributed by atoms with Crippen molar-refractivity contribution in [3.8, 4) is 16.5 Å². The van der Waals surface area contributed by atoms with Crippen molar-refractivity contribution >= 4 is 21.4 Å². The second kappa shape index (κ2) is 6.42. The highest BCUT2D eigenvalue weighted by atomic mass is 32.2. The second-order valence-electron chi connectivity index (χ2n) is 7.75. The van der Waals surface area contributed by atoms with Crippen molar-refractivity contribution in [1.82, 2.24) is 4.31 Å². The fourth-order valence-corrected chi connectivity index (χ4v) is 7.98. The van der Waals surface area contributed by atoms with E-state index in [4.69, 9.17) is 10.00 Å². The lowest BCUT2D eigenvalue weighted by Gasteiger charge is -2.19. The molecule has 27 heavy (non-hydrogen) atoms. The molecule has 4 atom stereocenters. The average molecular weight is 401 g/mol. The molecule has 0 amide bonds. The van der Waals surface area contributed by atoms with Gasteiger partial charge in [-0.25, -0.2) is 8.42 Å². The molecule has 2 aliphatic heterocycles. The molecule has 140 valence electrons. The van der Waals surface area contributed by atoms with Gasteiger partial charge in [0, 0.05) is 24.6 Å². The fourth-order valence-electron chi connectivity index (χ4n) is 4.99. The standard InChI is InChI=1S/C20H20N2O3S2/c21-8-13-2-1-3-14(6-13)19-4-5-20(26-19)27(23,24)22-9-15-7-16-11-25-12-18(16)17(15)10-22/h1-6,15-18H,7,9-12H2/t15-,16+,17+,18-/m0/s1. The summed E-state index contributed by atoms with van der Waals surface area (Å²) in [4.78, 5) is 0.870. The topological polar surface area (TPSA) is 70.4 Å². The number of sulfonamides is 1. The van der Waals surface area contributed by atoms with Crippen LogP contribution < -0.4 is 0 Å². The summed E-state index contributed by atoms with van der Waals surface area (Å²) >= 11 is 1.28. The van der Waals surface area contributed by atoms with E-state index < -0.39 is 10.0 Å². The summed E-state index contributed by atoms with van der Waals surface area (Å²) in [7, 11) is -3.47. The van der Waals surface area contributed by atoms with Gasteiger partial charge in [0.05, 0.1) is 18.2 Å². The average Bonchev–Trinajstić information content (AvgIpc) is 3.42. The number of hydrogen-bond acceptors (Lipinski definition) is 5. The Morgan fingerprint density at radius 2 is 2.00 bits per heavy atom. The molecule has 2 saturated heterocycles. The summed E-state index contributed by atoms with van der Waals surface area (Å²) in [6, 6.07) is 12.9. The minimum atomic E-state index is -3.47. The molecule has 0 unspecified atom stereocenters. The van der Waals surface area contributed by atoms with Crippen molar-refractivity contribution < 1.29 is 13.2 Å². The highest BCUT2D eigenvalue weighted by Crippen LogP contribution is 2.49. The molecule has 2 aromatic rings. The van der Waals surface area contributed by atoms with Crippen LogP contribution in [0.2, 0.25) is 0 Å². The molecule has 0 spiro atoms. The highest BCUT2D eigenvalue weighted by Gasteiger charge is 2.52. The van der Waals surface area contributed by atoms with Crippen LogP contribution in [-0.4, -0.2) is 39.0 Å². The van der Waals surface area contributed by atoms with Crippen molar-refractivity contribution in [2.75, 3.05) is 26.3 Å². The Bertz CT molecular complexity index is 1020. The van der Waals surface area contributed by atoms with Gasteiger partial charge in [-0.2, -0.15) is 9.57 Å². The minimum Gasteiger partial charge on any atom is -0.381 e. The number of ether oxygens (including phenoxy) is 1. The van der Waals surface area contributed by atoms with Crippen LogP contribution in [0.4, 0.5) is 0 Å². The van der Waals surface area contributed by atoms with Crippen molar-refractivity contribution in [1.29, 1.82) is 5.26 Å². The Hall–Kier alpha value is -1.72. The molecular weight excluding hydrogens is 380 g/mol. The third-order valence-electron chi connectivity index (χ3n) is 6.31. The molecule has 5 nitrogen and oxygen atoms in total. The van der Waals surface area contributed by atoms with Crippen LogP contribution >= 0.6 is 11.3 Å². The van der Waals surface area contributed by atoms with Crippen molar-refractivity contribution in [3.63, 3.8) is 0 Å². The maximum absolute atomic E-state index is 13.2. The SMILES string of the molecule is N#Cc1cccc(-c2ccc(S(=O)(=O)N3C[C@@H]4C[C@@H]5COC[C@@H]5[C@@H]4C3)s2)c1. The molecule has 1 aromatic carbocycles. The van der Waals surface area contributed by atoms with E-state index in [0.29, 0.717) is 46.5 Å². The number of thiophene rings is 1. The Morgan fingerprint density at radius 3 is 2.85 bits per heavy atom. The Labute approximate surface area is 163 Å². The van der Waals surface area contributed by atoms with Crippen LogP contribution in [-0.2, 0) is 14.8 Å². The first-order chi connectivity index (χ1) is 13.1. The smallest absolute Gasteiger partial charge is 0.252 e. The van der Waals surface area contributed by atoms with Gasteiger partial charge in [-0.1, -0.05) is 12.1 Å². The molecule has 3 aliphatic rings. The predicted octanol–water partition coefficient (Wildman–Crippen LogP) is 3.19. The van der Waals surface area contributed by atoms with E-state index in [-0.39, 0.29) is 0 Å². The summed E-state index contributed by atoms with van der Waals surface area (Å²) < 4.78 is 34.0. The lowest BCUT2D eigenvalue weighted by Crippen LogP contribution is -2.30. The Morgan fingerprint density at radius 1 is 1.11 bits per heavy atom. The molecule has 5 rings (SSSR count). The monoisotopic (exact) mass is 400 g/mol. The first-order valence-electron chi connectivity index (χ1n) is 9.24. The van der Waals surface area contributed by atoms with Gasteiger partial charge < -0.3 is 4.74 Å². The highest BCUT2D eigenvalue weighted by molar-refractivity contribution is 7.91. The first-order valence-corrected chi connectivity index (χ1v) is 11.5. The van der Waals surface area contributed by atoms with Gasteiger partial charge in [-0.15, -0.1) is 11.3 Å². The fraction of sp³-hybridized carbons (Fsp3) is 0.450. The first kappa shape index (κ1) is 17.4. The van der Waals surface area contributed by atoms with E-state index in [0.717, 1.165) is 30.1 Å². The number of fused-ring (bicyclic) bond motifs is 3. The number of rotatable bonds is 3. The number of benzene rings is 1. The zero-order valence-corrected chi connectivity index (χ0v) is 16.4. The van der Waals surface area contributed by atoms with Gasteiger partial charge in [0.15, 0.2) is 0 Å². The second-order valence-corrected chi connectivity index (χ2v) is 11.0. The van der Waals surface area contributed by atoms with E-state index in [2.05, 4.69) is 6.07 Å². The maximum Gasteiger partial charge on any atom is 0.252 e. The van der Waals surface area contributed by atoms with Gasteiger partial charge in [0.2, 0.25) is 0 Å². The van der Waals surface area contributed by atoms with Gasteiger partial charge in [-0.05, 0) is 59.9 Å². The molecule has 0 radical (unpaired) electrons. The third kappa shape index (κ3) is 2.83. The Balaban J connectivity index is 1.39. The maximum atomic E-state index is 13.2. The van der Waals surface area contributed by atoms with Crippen LogP contribution in [0.25, 0.3) is 10.4 Å². The van der Waals surface area contributed by atoms with Crippen LogP contribution in [0.5, 0.6) is 0 Å². The molecule has 0 bridgehead atoms. The Kier molecular flexibility index (Phi) is 4.13. The summed E-state index contributed by atoms with van der Waals surface area (Å²) in [5, 5.41) is 9.07. The molecule has 0 N–H and O–H groups in total. The van der Waals surface area contributed by atoms with E-state index >= 15 is 0 Å². The zero-order chi connectivity index (χ0) is 18.6. The summed E-state index contributed by atoms with van der Waals surface area (Å²) in [5.41, 5.74) is 1.45. The zero-order valence-electron chi connectivity index (χ0n) is 14.7. The van der Waals surface area contributed by atoms with Gasteiger partial charge >= 0.3 is 0 Å². The van der Waals surface area contributed by atoms with Crippen molar-refractivity contribution in [3.05, 3.63) is 42.0 Å². The summed E-state index contributed by atoms with van der Waals surface area (Å²) in [6.07, 6.45) is 1.10. The van der Waals surface area contributed by atoms with Gasteiger partial charge in [0.1, 0.15) is 4.21 Å². The van der Waals surface area contributed by atoms with E-state index in [1.54, 1.807) is 22.5 Å². The third-order valence-corrected chi connectivity index (χ3v) is 9.75. The molecule has 1 saturated carbocycles. The molecule has 1 aliphatic carbocycles. The quantitative estimate of drug-likeness (QED) is 0.793. The van der Waals surface area contributed by atoms with Crippen molar-refractivity contribution in [2.24, 2.45) is 23.7 Å². The van der Waals surface area contributed by atoms with E-state index in [1.165, 1.54) is 11.3 Å². The normalized spacial score (nSPS) is 30.2. The van der Waals surface area contributed by atoms with Gasteiger partial charge in [-0.3, -0.25) is 0 Å². The minimum absolute atomic E-state index is 0.388. The molecule has 3 fully saturated rings. The van der Waals surface area contributed by atoms with E-state index in [1.807, 2.05) is 18.2 Å². The molecular formula is C20H20N2O3S2. The summed E-state index contributed by atoms with van der Waals surface area (Å²) in [5.74, 6) is 2.08. The number of nitrogens with zero attached hydrogens (tertiary/aromatic N) is 2. The predicted molar refractivity (Wildman–Crippen MR) is 103 cm³/mol. The van der Waals surface area contributed by atoms with Crippen LogP contribution in [0, 0.1) is 35.0 Å². The number of hydrogen-bond donors (Lipinski definition) is 0.